The number of nitrogens with one attached hydrogen (secondary N) is 1. The van der Waals surface area contributed by atoms with Gasteiger partial charge < -0.3 is 19.9 Å². The normalized spacial score (nSPS) is 22.9. The van der Waals surface area contributed by atoms with Crippen LogP contribution in [-0.4, -0.2) is 72.2 Å². The van der Waals surface area contributed by atoms with Crippen LogP contribution in [0.5, 0.6) is 0 Å². The van der Waals surface area contributed by atoms with Crippen molar-refractivity contribution in [2.45, 2.75) is 43.9 Å². The Morgan fingerprint density at radius 2 is 2.00 bits per heavy atom. The van der Waals surface area contributed by atoms with Crippen LogP contribution in [0.1, 0.15) is 25.7 Å². The van der Waals surface area contributed by atoms with E-state index < -0.39 is 48.4 Å². The number of amides is 3. The first-order valence-corrected chi connectivity index (χ1v) is 8.83. The van der Waals surface area contributed by atoms with Crippen LogP contribution in [0.4, 0.5) is 13.2 Å². The highest BCUT2D eigenvalue weighted by molar-refractivity contribution is 5.92. The number of nitrogens with zero attached hydrogens (tertiary/aromatic N) is 3. The lowest BCUT2D eigenvalue weighted by Crippen LogP contribution is -2.53. The third-order valence-electron chi connectivity index (χ3n) is 4.87. The summed E-state index contributed by atoms with van der Waals surface area (Å²) in [6, 6.07) is -0.253. The number of likely N-dealkylation sites (N-methyl/N-ethyl adjacent to an activating group) is 1. The van der Waals surface area contributed by atoms with Gasteiger partial charge in [-0.3, -0.25) is 14.4 Å². The summed E-state index contributed by atoms with van der Waals surface area (Å²) in [5, 5.41) is 10.8. The van der Waals surface area contributed by atoms with E-state index in [-0.39, 0.29) is 25.3 Å². The Balaban J connectivity index is 2.01. The highest BCUT2D eigenvalue weighted by Crippen LogP contribution is 2.34. The number of likely N-dealkylation sites (tertiary alicyclic amines) is 1. The first-order valence-electron chi connectivity index (χ1n) is 8.83. The number of aldehydes is 1. The zero-order valence-electron chi connectivity index (χ0n) is 15.2. The molecule has 11 heteroatoms. The average molecular weight is 402 g/mol. The summed E-state index contributed by atoms with van der Waals surface area (Å²) in [5.41, 5.74) is 0. The minimum atomic E-state index is -5.12. The summed E-state index contributed by atoms with van der Waals surface area (Å²) in [5.74, 6) is -4.01. The molecule has 0 aromatic rings. The fourth-order valence-corrected chi connectivity index (χ4v) is 3.15. The second-order valence-electron chi connectivity index (χ2n) is 7.22. The molecule has 1 heterocycles. The summed E-state index contributed by atoms with van der Waals surface area (Å²) in [6.07, 6.45) is -2.66. The molecule has 154 valence electrons. The number of halogens is 3. The molecule has 1 saturated heterocycles. The first-order chi connectivity index (χ1) is 13.1. The smallest absolute Gasteiger partial charge is 0.336 e. The minimum absolute atomic E-state index is 0.0545. The molecule has 3 atom stereocenters. The van der Waals surface area contributed by atoms with E-state index in [0.717, 1.165) is 17.7 Å². The molecule has 2 fully saturated rings. The summed E-state index contributed by atoms with van der Waals surface area (Å²) < 4.78 is 37.6. The van der Waals surface area contributed by atoms with Crippen molar-refractivity contribution < 1.29 is 32.3 Å². The lowest BCUT2D eigenvalue weighted by molar-refractivity contribution is -0.175. The fraction of sp³-hybridized carbons (Fsp3) is 0.706. The van der Waals surface area contributed by atoms with Gasteiger partial charge in [0.15, 0.2) is 0 Å². The van der Waals surface area contributed by atoms with Gasteiger partial charge in [0.25, 0.3) is 0 Å². The van der Waals surface area contributed by atoms with Crippen molar-refractivity contribution in [2.24, 2.45) is 11.8 Å². The zero-order valence-corrected chi connectivity index (χ0v) is 15.2. The van der Waals surface area contributed by atoms with Gasteiger partial charge in [0, 0.05) is 19.5 Å². The summed E-state index contributed by atoms with van der Waals surface area (Å²) >= 11 is 0. The molecule has 0 aromatic carbocycles. The highest BCUT2D eigenvalue weighted by atomic mass is 19.4. The van der Waals surface area contributed by atoms with Crippen molar-refractivity contribution in [1.82, 2.24) is 15.1 Å². The SMILES string of the molecule is CN(CC(=O)N1CC(C=O)CC1C#N)C(=O)C(CC1CC1)NC(=O)C(F)(F)F. The monoisotopic (exact) mass is 402 g/mol. The van der Waals surface area contributed by atoms with Gasteiger partial charge in [-0.05, 0) is 18.8 Å². The molecule has 8 nitrogen and oxygen atoms in total. The molecule has 3 unspecified atom stereocenters. The lowest BCUT2D eigenvalue weighted by Gasteiger charge is -2.27. The second kappa shape index (κ2) is 8.58. The van der Waals surface area contributed by atoms with Crippen LogP contribution in [0.25, 0.3) is 0 Å². The minimum Gasteiger partial charge on any atom is -0.336 e. The van der Waals surface area contributed by atoms with Crippen molar-refractivity contribution in [3.05, 3.63) is 0 Å². The maximum atomic E-state index is 12.5. The van der Waals surface area contributed by atoms with Crippen molar-refractivity contribution in [1.29, 1.82) is 5.26 Å². The van der Waals surface area contributed by atoms with E-state index >= 15 is 0 Å². The Morgan fingerprint density at radius 3 is 2.50 bits per heavy atom. The van der Waals surface area contributed by atoms with Crippen LogP contribution in [0.3, 0.4) is 0 Å². The molecule has 3 amide bonds. The molecule has 0 radical (unpaired) electrons. The van der Waals surface area contributed by atoms with E-state index in [1.807, 2.05) is 6.07 Å². The molecule has 1 saturated carbocycles. The zero-order chi connectivity index (χ0) is 21.1. The fourth-order valence-electron chi connectivity index (χ4n) is 3.15. The number of nitriles is 1. The van der Waals surface area contributed by atoms with E-state index in [1.54, 1.807) is 5.32 Å². The molecule has 0 spiro atoms. The van der Waals surface area contributed by atoms with Gasteiger partial charge in [-0.1, -0.05) is 12.8 Å². The van der Waals surface area contributed by atoms with Crippen molar-refractivity contribution in [3.63, 3.8) is 0 Å². The second-order valence-corrected chi connectivity index (χ2v) is 7.22. The molecule has 0 aromatic heterocycles. The van der Waals surface area contributed by atoms with Gasteiger partial charge in [0.1, 0.15) is 18.4 Å². The van der Waals surface area contributed by atoms with Gasteiger partial charge in [0.05, 0.1) is 12.6 Å². The number of hydrogen-bond acceptors (Lipinski definition) is 5. The van der Waals surface area contributed by atoms with E-state index in [0.29, 0.717) is 6.29 Å². The van der Waals surface area contributed by atoms with E-state index in [2.05, 4.69) is 0 Å². The van der Waals surface area contributed by atoms with Gasteiger partial charge in [-0.15, -0.1) is 0 Å². The Hall–Kier alpha value is -2.64. The molecule has 1 aliphatic carbocycles. The quantitative estimate of drug-likeness (QED) is 0.613. The Kier molecular flexibility index (Phi) is 6.64. The maximum Gasteiger partial charge on any atom is 0.471 e. The predicted molar refractivity (Wildman–Crippen MR) is 88.2 cm³/mol. The third kappa shape index (κ3) is 5.43. The van der Waals surface area contributed by atoms with Crippen molar-refractivity contribution >= 4 is 24.0 Å². The van der Waals surface area contributed by atoms with E-state index in [1.165, 1.54) is 11.9 Å². The summed E-state index contributed by atoms with van der Waals surface area (Å²) in [7, 11) is 1.24. The molecule has 28 heavy (non-hydrogen) atoms. The number of carbonyl (C=O) groups is 4. The topological polar surface area (TPSA) is 111 Å². The standard InChI is InChI=1S/C17H21F3N4O4/c1-23(8-14(26)24-7-11(9-25)4-12(24)6-21)15(27)13(5-10-2-3-10)22-16(28)17(18,19)20/h9-13H,2-5,7-8H2,1H3,(H,22,28). The molecule has 1 N–H and O–H groups in total. The Bertz CT molecular complexity index is 687. The molecule has 2 aliphatic rings. The van der Waals surface area contributed by atoms with E-state index in [4.69, 9.17) is 5.26 Å². The molecule has 1 aliphatic heterocycles. The van der Waals surface area contributed by atoms with Crippen LogP contribution < -0.4 is 5.32 Å². The molecular weight excluding hydrogens is 381 g/mol. The van der Waals surface area contributed by atoms with Crippen LogP contribution in [0.2, 0.25) is 0 Å². The summed E-state index contributed by atoms with van der Waals surface area (Å²) in [6.45, 7) is -0.412. The average Bonchev–Trinajstić information content (AvgIpc) is 3.34. The molecular formula is C17H21F3N4O4. The Labute approximate surface area is 159 Å². The van der Waals surface area contributed by atoms with Gasteiger partial charge >= 0.3 is 12.1 Å². The first kappa shape index (κ1) is 21.7. The van der Waals surface area contributed by atoms with Crippen LogP contribution in [-0.2, 0) is 19.2 Å². The van der Waals surface area contributed by atoms with Crippen molar-refractivity contribution in [2.75, 3.05) is 20.1 Å². The number of rotatable bonds is 7. The Morgan fingerprint density at radius 1 is 1.36 bits per heavy atom. The number of alkyl halides is 3. The predicted octanol–water partition coefficient (Wildman–Crippen LogP) is 0.232. The van der Waals surface area contributed by atoms with Gasteiger partial charge in [0.2, 0.25) is 11.8 Å². The summed E-state index contributed by atoms with van der Waals surface area (Å²) in [4.78, 5) is 49.2. The van der Waals surface area contributed by atoms with Gasteiger partial charge in [-0.2, -0.15) is 18.4 Å². The molecule has 0 bridgehead atoms. The largest absolute Gasteiger partial charge is 0.471 e. The van der Waals surface area contributed by atoms with Crippen LogP contribution in [0.15, 0.2) is 0 Å². The van der Waals surface area contributed by atoms with Crippen molar-refractivity contribution in [3.8, 4) is 6.07 Å². The van der Waals surface area contributed by atoms with Crippen LogP contribution in [0, 0.1) is 23.2 Å². The number of carbonyl (C=O) groups excluding carboxylic acids is 4. The molecule has 2 rings (SSSR count). The van der Waals surface area contributed by atoms with Crippen LogP contribution >= 0.6 is 0 Å². The third-order valence-corrected chi connectivity index (χ3v) is 4.87. The number of hydrogen-bond donors (Lipinski definition) is 1. The van der Waals surface area contributed by atoms with Gasteiger partial charge in [-0.25, -0.2) is 0 Å². The maximum absolute atomic E-state index is 12.5. The van der Waals surface area contributed by atoms with E-state index in [9.17, 15) is 32.3 Å². The highest BCUT2D eigenvalue weighted by Gasteiger charge is 2.43. The lowest BCUT2D eigenvalue weighted by atomic mass is 10.1.